The summed E-state index contributed by atoms with van der Waals surface area (Å²) in [5.41, 5.74) is 0.968. The lowest BCUT2D eigenvalue weighted by Gasteiger charge is -2.15. The summed E-state index contributed by atoms with van der Waals surface area (Å²) in [5.74, 6) is 5.96. The van der Waals surface area contributed by atoms with Crippen LogP contribution < -0.4 is 0 Å². The van der Waals surface area contributed by atoms with Crippen LogP contribution in [0.25, 0.3) is 0 Å². The lowest BCUT2D eigenvalue weighted by molar-refractivity contribution is 0.197. The standard InChI is InChI=1S/C13H16N2O2S/c1-14-6-7-15(13(14)17)10-12-11(5-9-18-12)4-2-3-8-16/h5,9,16H,3,6-8,10H2,1H3. The van der Waals surface area contributed by atoms with E-state index in [2.05, 4.69) is 11.8 Å². The molecule has 1 aliphatic heterocycles. The fraction of sp³-hybridized carbons (Fsp3) is 0.462. The molecule has 1 aromatic rings. The Bertz CT molecular complexity index is 487. The number of amides is 2. The molecule has 0 spiro atoms. The molecular weight excluding hydrogens is 248 g/mol. The monoisotopic (exact) mass is 264 g/mol. The van der Waals surface area contributed by atoms with Crippen LogP contribution in [0.4, 0.5) is 4.79 Å². The van der Waals surface area contributed by atoms with E-state index in [0.29, 0.717) is 13.0 Å². The van der Waals surface area contributed by atoms with E-state index in [1.807, 2.05) is 23.4 Å². The second-order valence-electron chi connectivity index (χ2n) is 4.16. The van der Waals surface area contributed by atoms with Crippen LogP contribution in [-0.2, 0) is 6.54 Å². The van der Waals surface area contributed by atoms with Gasteiger partial charge in [-0.1, -0.05) is 11.8 Å². The maximum absolute atomic E-state index is 11.8. The van der Waals surface area contributed by atoms with Crippen LogP contribution in [0.15, 0.2) is 11.4 Å². The third-order valence-electron chi connectivity index (χ3n) is 2.84. The third kappa shape index (κ3) is 2.84. The molecule has 2 rings (SSSR count). The van der Waals surface area contributed by atoms with Crippen molar-refractivity contribution in [2.45, 2.75) is 13.0 Å². The van der Waals surface area contributed by atoms with E-state index in [4.69, 9.17) is 5.11 Å². The number of carbonyl (C=O) groups excluding carboxylic acids is 1. The van der Waals surface area contributed by atoms with Gasteiger partial charge in [0.15, 0.2) is 0 Å². The van der Waals surface area contributed by atoms with Gasteiger partial charge < -0.3 is 14.9 Å². The number of aliphatic hydroxyl groups is 1. The minimum atomic E-state index is 0.0812. The maximum atomic E-state index is 11.8. The minimum Gasteiger partial charge on any atom is -0.395 e. The lowest BCUT2D eigenvalue weighted by atomic mass is 10.2. The van der Waals surface area contributed by atoms with Crippen LogP contribution in [0.3, 0.4) is 0 Å². The zero-order valence-corrected chi connectivity index (χ0v) is 11.2. The number of rotatable bonds is 3. The Hall–Kier alpha value is -1.51. The van der Waals surface area contributed by atoms with Gasteiger partial charge >= 0.3 is 6.03 Å². The highest BCUT2D eigenvalue weighted by Gasteiger charge is 2.25. The van der Waals surface area contributed by atoms with Crippen LogP contribution in [-0.4, -0.2) is 47.7 Å². The van der Waals surface area contributed by atoms with E-state index in [1.165, 1.54) is 0 Å². The second-order valence-corrected chi connectivity index (χ2v) is 5.16. The Morgan fingerprint density at radius 3 is 3.00 bits per heavy atom. The molecule has 2 amide bonds. The molecule has 18 heavy (non-hydrogen) atoms. The van der Waals surface area contributed by atoms with Gasteiger partial charge in [-0.25, -0.2) is 4.79 Å². The number of hydrogen-bond donors (Lipinski definition) is 1. The van der Waals surface area contributed by atoms with E-state index >= 15 is 0 Å². The molecule has 5 heteroatoms. The molecule has 0 aromatic carbocycles. The van der Waals surface area contributed by atoms with Gasteiger partial charge in [0.1, 0.15) is 0 Å². The molecule has 0 aliphatic carbocycles. The fourth-order valence-corrected chi connectivity index (χ4v) is 2.66. The smallest absolute Gasteiger partial charge is 0.320 e. The Morgan fingerprint density at radius 2 is 2.33 bits per heavy atom. The van der Waals surface area contributed by atoms with Crippen molar-refractivity contribution < 1.29 is 9.90 Å². The van der Waals surface area contributed by atoms with Crippen LogP contribution in [0, 0.1) is 11.8 Å². The van der Waals surface area contributed by atoms with Crippen molar-refractivity contribution in [1.82, 2.24) is 9.80 Å². The molecule has 0 radical (unpaired) electrons. The first-order valence-corrected chi connectivity index (χ1v) is 6.76. The summed E-state index contributed by atoms with van der Waals surface area (Å²) in [6.07, 6.45) is 0.487. The average molecular weight is 264 g/mol. The predicted octanol–water partition coefficient (Wildman–Crippen LogP) is 1.35. The van der Waals surface area contributed by atoms with E-state index in [9.17, 15) is 4.79 Å². The molecule has 96 valence electrons. The summed E-state index contributed by atoms with van der Waals surface area (Å²) in [6.45, 7) is 2.28. The van der Waals surface area contributed by atoms with Gasteiger partial charge in [-0.15, -0.1) is 11.3 Å². The number of thiophene rings is 1. The number of hydrogen-bond acceptors (Lipinski definition) is 3. The van der Waals surface area contributed by atoms with Gasteiger partial charge in [0.2, 0.25) is 0 Å². The number of nitrogens with zero attached hydrogens (tertiary/aromatic N) is 2. The Balaban J connectivity index is 2.05. The summed E-state index contributed by atoms with van der Waals surface area (Å²) in [7, 11) is 1.82. The average Bonchev–Trinajstić information content (AvgIpc) is 2.92. The predicted molar refractivity (Wildman–Crippen MR) is 71.3 cm³/mol. The highest BCUT2D eigenvalue weighted by Crippen LogP contribution is 2.20. The van der Waals surface area contributed by atoms with E-state index in [-0.39, 0.29) is 12.6 Å². The topological polar surface area (TPSA) is 43.8 Å². The van der Waals surface area contributed by atoms with Gasteiger partial charge in [-0.2, -0.15) is 0 Å². The molecule has 1 aromatic heterocycles. The fourth-order valence-electron chi connectivity index (χ4n) is 1.81. The quantitative estimate of drug-likeness (QED) is 0.838. The maximum Gasteiger partial charge on any atom is 0.320 e. The lowest BCUT2D eigenvalue weighted by Crippen LogP contribution is -2.28. The second kappa shape index (κ2) is 5.89. The van der Waals surface area contributed by atoms with Crippen molar-refractivity contribution in [1.29, 1.82) is 0 Å². The molecule has 0 unspecified atom stereocenters. The van der Waals surface area contributed by atoms with Gasteiger partial charge in [0, 0.05) is 37.0 Å². The Kier molecular flexibility index (Phi) is 4.24. The molecular formula is C13H16N2O2S. The number of aliphatic hydroxyl groups excluding tert-OH is 1. The van der Waals surface area contributed by atoms with E-state index in [1.54, 1.807) is 16.2 Å². The van der Waals surface area contributed by atoms with Crippen molar-refractivity contribution in [2.24, 2.45) is 0 Å². The summed E-state index contributed by atoms with van der Waals surface area (Å²) < 4.78 is 0. The molecule has 0 atom stereocenters. The molecule has 1 N–H and O–H groups in total. The molecule has 4 nitrogen and oxygen atoms in total. The summed E-state index contributed by atoms with van der Waals surface area (Å²) >= 11 is 1.62. The number of likely N-dealkylation sites (N-methyl/N-ethyl adjacent to an activating group) is 1. The van der Waals surface area contributed by atoms with Crippen molar-refractivity contribution in [3.63, 3.8) is 0 Å². The summed E-state index contributed by atoms with van der Waals surface area (Å²) in [5, 5.41) is 10.7. The van der Waals surface area contributed by atoms with Crippen molar-refractivity contribution in [3.05, 3.63) is 21.9 Å². The van der Waals surface area contributed by atoms with Gasteiger partial charge in [-0.05, 0) is 11.4 Å². The summed E-state index contributed by atoms with van der Waals surface area (Å²) in [4.78, 5) is 16.5. The molecule has 1 saturated heterocycles. The normalized spacial score (nSPS) is 14.9. The van der Waals surface area contributed by atoms with Gasteiger partial charge in [-0.3, -0.25) is 0 Å². The zero-order chi connectivity index (χ0) is 13.0. The van der Waals surface area contributed by atoms with Crippen molar-refractivity contribution in [3.8, 4) is 11.8 Å². The molecule has 1 aliphatic rings. The van der Waals surface area contributed by atoms with E-state index < -0.39 is 0 Å². The summed E-state index contributed by atoms with van der Waals surface area (Å²) in [6, 6.07) is 2.05. The largest absolute Gasteiger partial charge is 0.395 e. The highest BCUT2D eigenvalue weighted by atomic mass is 32.1. The van der Waals surface area contributed by atoms with Gasteiger partial charge in [0.05, 0.1) is 13.2 Å². The van der Waals surface area contributed by atoms with Crippen LogP contribution >= 0.6 is 11.3 Å². The first kappa shape index (κ1) is 12.9. The Labute approximate surface area is 111 Å². The van der Waals surface area contributed by atoms with Crippen LogP contribution in [0.1, 0.15) is 16.9 Å². The van der Waals surface area contributed by atoms with E-state index in [0.717, 1.165) is 23.5 Å². The van der Waals surface area contributed by atoms with Crippen molar-refractivity contribution in [2.75, 3.05) is 26.7 Å². The molecule has 0 bridgehead atoms. The first-order valence-electron chi connectivity index (χ1n) is 5.88. The molecule has 1 fully saturated rings. The van der Waals surface area contributed by atoms with Crippen LogP contribution in [0.2, 0.25) is 0 Å². The SMILES string of the molecule is CN1CCN(Cc2sccc2C#CCCO)C1=O. The minimum absolute atomic E-state index is 0.0812. The van der Waals surface area contributed by atoms with Gasteiger partial charge in [0.25, 0.3) is 0 Å². The number of carbonyl (C=O) groups is 1. The number of urea groups is 1. The Morgan fingerprint density at radius 1 is 1.50 bits per heavy atom. The van der Waals surface area contributed by atoms with Crippen LogP contribution in [0.5, 0.6) is 0 Å². The van der Waals surface area contributed by atoms with Crippen molar-refractivity contribution >= 4 is 17.4 Å². The highest BCUT2D eigenvalue weighted by molar-refractivity contribution is 7.10. The molecule has 0 saturated carbocycles. The zero-order valence-electron chi connectivity index (χ0n) is 10.3. The first-order chi connectivity index (χ1) is 8.72. The molecule has 2 heterocycles. The third-order valence-corrected chi connectivity index (χ3v) is 3.75.